The van der Waals surface area contributed by atoms with Crippen LogP contribution in [-0.2, 0) is 32.3 Å². The normalized spacial score (nSPS) is 13.3. The number of carbonyl (C=O) groups is 2. The number of anilines is 1. The molecule has 0 unspecified atom stereocenters. The Morgan fingerprint density at radius 2 is 2.03 bits per heavy atom. The molecule has 29 heavy (non-hydrogen) atoms. The maximum absolute atomic E-state index is 12.4. The number of halogens is 1. The zero-order valence-corrected chi connectivity index (χ0v) is 17.7. The van der Waals surface area contributed by atoms with E-state index in [0.29, 0.717) is 23.6 Å². The van der Waals surface area contributed by atoms with Gasteiger partial charge < -0.3 is 15.0 Å². The fraction of sp³-hybridized carbons (Fsp3) is 0.278. The number of nitrogens with one attached hydrogen (secondary N) is 1. The summed E-state index contributed by atoms with van der Waals surface area (Å²) in [5, 5.41) is 12.7. The highest BCUT2D eigenvalue weighted by Crippen LogP contribution is 2.36. The summed E-state index contributed by atoms with van der Waals surface area (Å²) in [6, 6.07) is 7.59. The SMILES string of the molecule is COC(=O)N1CCc2c(sc(NC(=O)CS(=O)(=O)c3ccc(Cl)cc3)c2C#N)C1. The Kier molecular flexibility index (Phi) is 6.12. The third-order valence-electron chi connectivity index (χ3n) is 4.35. The van der Waals surface area contributed by atoms with Crippen LogP contribution in [0.3, 0.4) is 0 Å². The molecule has 1 aliphatic heterocycles. The van der Waals surface area contributed by atoms with Gasteiger partial charge in [0.25, 0.3) is 0 Å². The van der Waals surface area contributed by atoms with Gasteiger partial charge in [-0.1, -0.05) is 11.6 Å². The van der Waals surface area contributed by atoms with E-state index in [-0.39, 0.29) is 16.4 Å². The molecule has 0 bridgehead atoms. The number of sulfone groups is 1. The van der Waals surface area contributed by atoms with E-state index in [1.807, 2.05) is 0 Å². The highest BCUT2D eigenvalue weighted by atomic mass is 35.5. The molecule has 0 spiro atoms. The first-order valence-corrected chi connectivity index (χ1v) is 11.3. The Morgan fingerprint density at radius 3 is 2.66 bits per heavy atom. The van der Waals surface area contributed by atoms with Crippen LogP contribution in [0.5, 0.6) is 0 Å². The van der Waals surface area contributed by atoms with Crippen LogP contribution in [0.2, 0.25) is 5.02 Å². The standard InChI is InChI=1S/C18H16ClN3O5S2/c1-27-18(24)22-7-6-13-14(8-20)17(28-15(13)9-22)21-16(23)10-29(25,26)12-4-2-11(19)3-5-12/h2-5H,6-7,9-10H2,1H3,(H,21,23). The third-order valence-corrected chi connectivity index (χ3v) is 7.37. The van der Waals surface area contributed by atoms with E-state index in [9.17, 15) is 23.3 Å². The summed E-state index contributed by atoms with van der Waals surface area (Å²) < 4.78 is 29.6. The average Bonchev–Trinajstić information content (AvgIpc) is 3.02. The number of hydrogen-bond donors (Lipinski definition) is 1. The first kappa shape index (κ1) is 21.1. The summed E-state index contributed by atoms with van der Waals surface area (Å²) in [5.41, 5.74) is 1.06. The van der Waals surface area contributed by atoms with Crippen molar-refractivity contribution in [1.29, 1.82) is 5.26 Å². The molecule has 0 aliphatic carbocycles. The molecule has 11 heteroatoms. The van der Waals surface area contributed by atoms with Crippen LogP contribution in [0.1, 0.15) is 16.0 Å². The predicted molar refractivity (Wildman–Crippen MR) is 108 cm³/mol. The van der Waals surface area contributed by atoms with E-state index in [1.54, 1.807) is 0 Å². The minimum atomic E-state index is -3.86. The molecule has 1 aromatic heterocycles. The van der Waals surface area contributed by atoms with E-state index in [2.05, 4.69) is 11.4 Å². The van der Waals surface area contributed by atoms with Crippen molar-refractivity contribution in [3.8, 4) is 6.07 Å². The second-order valence-corrected chi connectivity index (χ2v) is 9.75. The molecule has 152 valence electrons. The smallest absolute Gasteiger partial charge is 0.409 e. The fourth-order valence-electron chi connectivity index (χ4n) is 2.96. The highest BCUT2D eigenvalue weighted by molar-refractivity contribution is 7.92. The van der Waals surface area contributed by atoms with E-state index < -0.39 is 27.6 Å². The topological polar surface area (TPSA) is 117 Å². The lowest BCUT2D eigenvalue weighted by Gasteiger charge is -2.25. The van der Waals surface area contributed by atoms with Crippen molar-refractivity contribution in [1.82, 2.24) is 4.90 Å². The largest absolute Gasteiger partial charge is 0.453 e. The summed E-state index contributed by atoms with van der Waals surface area (Å²) in [5.74, 6) is -1.52. The van der Waals surface area contributed by atoms with E-state index in [4.69, 9.17) is 16.3 Å². The number of nitrogens with zero attached hydrogens (tertiary/aromatic N) is 2. The number of amides is 2. The van der Waals surface area contributed by atoms with Crippen molar-refractivity contribution in [2.45, 2.75) is 17.9 Å². The van der Waals surface area contributed by atoms with Gasteiger partial charge in [-0.2, -0.15) is 5.26 Å². The van der Waals surface area contributed by atoms with Gasteiger partial charge in [-0.25, -0.2) is 13.2 Å². The number of ether oxygens (including phenoxy) is 1. The van der Waals surface area contributed by atoms with Crippen LogP contribution in [0.25, 0.3) is 0 Å². The molecular formula is C18H16ClN3O5S2. The number of thiophene rings is 1. The van der Waals surface area contributed by atoms with Crippen LogP contribution in [0.15, 0.2) is 29.2 Å². The van der Waals surface area contributed by atoms with Crippen LogP contribution in [0.4, 0.5) is 9.80 Å². The summed E-state index contributed by atoms with van der Waals surface area (Å²) in [7, 11) is -2.57. The summed E-state index contributed by atoms with van der Waals surface area (Å²) >= 11 is 6.92. The lowest BCUT2D eigenvalue weighted by Crippen LogP contribution is -2.35. The van der Waals surface area contributed by atoms with Crippen molar-refractivity contribution < 1.29 is 22.7 Å². The molecule has 1 aromatic carbocycles. The number of carbonyl (C=O) groups excluding carboxylic acids is 2. The fourth-order valence-corrected chi connectivity index (χ4v) is 5.45. The van der Waals surface area contributed by atoms with Gasteiger partial charge in [-0.3, -0.25) is 4.79 Å². The Morgan fingerprint density at radius 1 is 1.34 bits per heavy atom. The molecule has 3 rings (SSSR count). The molecule has 2 amide bonds. The summed E-state index contributed by atoms with van der Waals surface area (Å²) in [4.78, 5) is 26.3. The Bertz CT molecular complexity index is 1100. The maximum atomic E-state index is 12.4. The van der Waals surface area contributed by atoms with Gasteiger partial charge in [0.15, 0.2) is 9.84 Å². The van der Waals surface area contributed by atoms with E-state index in [1.165, 1.54) is 36.3 Å². The number of rotatable bonds is 4. The molecule has 2 aromatic rings. The molecule has 1 N–H and O–H groups in total. The van der Waals surface area contributed by atoms with Gasteiger partial charge in [0, 0.05) is 16.4 Å². The molecule has 0 atom stereocenters. The van der Waals surface area contributed by atoms with Crippen LogP contribution in [-0.4, -0.2) is 44.7 Å². The molecule has 0 fully saturated rings. The van der Waals surface area contributed by atoms with Crippen molar-refractivity contribution in [3.63, 3.8) is 0 Å². The number of methoxy groups -OCH3 is 1. The van der Waals surface area contributed by atoms with Crippen LogP contribution < -0.4 is 5.32 Å². The first-order chi connectivity index (χ1) is 13.7. The Hall–Kier alpha value is -2.61. The number of nitriles is 1. The second kappa shape index (κ2) is 8.41. The monoisotopic (exact) mass is 453 g/mol. The second-order valence-electron chi connectivity index (χ2n) is 6.22. The minimum absolute atomic E-state index is 0.0169. The van der Waals surface area contributed by atoms with Gasteiger partial charge in [-0.05, 0) is 36.2 Å². The molecule has 0 saturated carbocycles. The Balaban J connectivity index is 1.77. The van der Waals surface area contributed by atoms with Crippen molar-refractivity contribution in [2.24, 2.45) is 0 Å². The quantitative estimate of drug-likeness (QED) is 0.760. The number of hydrogen-bond acceptors (Lipinski definition) is 7. The van der Waals surface area contributed by atoms with Gasteiger partial charge in [0.2, 0.25) is 5.91 Å². The summed E-state index contributed by atoms with van der Waals surface area (Å²) in [6.45, 7) is 0.656. The number of fused-ring (bicyclic) bond motifs is 1. The minimum Gasteiger partial charge on any atom is -0.453 e. The maximum Gasteiger partial charge on any atom is 0.409 e. The molecule has 0 radical (unpaired) electrons. The van der Waals surface area contributed by atoms with Crippen molar-refractivity contribution in [2.75, 3.05) is 24.7 Å². The molecule has 1 aliphatic rings. The zero-order chi connectivity index (χ0) is 21.2. The van der Waals surface area contributed by atoms with Gasteiger partial charge in [0.1, 0.15) is 16.8 Å². The van der Waals surface area contributed by atoms with E-state index >= 15 is 0 Å². The lowest BCUT2D eigenvalue weighted by atomic mass is 10.0. The molecule has 0 saturated heterocycles. The molecule has 8 nitrogen and oxygen atoms in total. The van der Waals surface area contributed by atoms with Crippen LogP contribution in [0, 0.1) is 11.3 Å². The van der Waals surface area contributed by atoms with Crippen molar-refractivity contribution >= 4 is 49.8 Å². The summed E-state index contributed by atoms with van der Waals surface area (Å²) in [6.07, 6.45) is -0.0230. The number of benzene rings is 1. The average molecular weight is 454 g/mol. The van der Waals surface area contributed by atoms with E-state index in [0.717, 1.165) is 21.8 Å². The highest BCUT2D eigenvalue weighted by Gasteiger charge is 2.28. The van der Waals surface area contributed by atoms with Crippen LogP contribution >= 0.6 is 22.9 Å². The predicted octanol–water partition coefficient (Wildman–Crippen LogP) is 2.81. The van der Waals surface area contributed by atoms with Gasteiger partial charge in [0.05, 0.1) is 24.1 Å². The molecular weight excluding hydrogens is 438 g/mol. The third kappa shape index (κ3) is 4.53. The van der Waals surface area contributed by atoms with Gasteiger partial charge >= 0.3 is 6.09 Å². The molecule has 2 heterocycles. The Labute approximate surface area is 176 Å². The lowest BCUT2D eigenvalue weighted by molar-refractivity contribution is -0.113. The van der Waals surface area contributed by atoms with Crippen molar-refractivity contribution in [3.05, 3.63) is 45.3 Å². The zero-order valence-electron chi connectivity index (χ0n) is 15.3. The first-order valence-electron chi connectivity index (χ1n) is 8.41. The van der Waals surface area contributed by atoms with Gasteiger partial charge in [-0.15, -0.1) is 11.3 Å².